The van der Waals surface area contributed by atoms with Crippen molar-refractivity contribution in [2.24, 2.45) is 0 Å². The minimum Gasteiger partial charge on any atom is -0.347 e. The van der Waals surface area contributed by atoms with Crippen LogP contribution < -0.4 is 0 Å². The lowest BCUT2D eigenvalue weighted by Crippen LogP contribution is -2.47. The first kappa shape index (κ1) is 15.7. The van der Waals surface area contributed by atoms with Gasteiger partial charge in [-0.15, -0.1) is 16.4 Å². The molecule has 1 amide bonds. The average molecular weight is 349 g/mol. The van der Waals surface area contributed by atoms with Crippen molar-refractivity contribution in [1.29, 1.82) is 0 Å². The first-order valence-electron chi connectivity index (χ1n) is 8.00. The molecule has 2 aliphatic heterocycles. The third-order valence-electron chi connectivity index (χ3n) is 4.51. The summed E-state index contributed by atoms with van der Waals surface area (Å²) in [5, 5.41) is 10.9. The number of amides is 1. The molecule has 0 aliphatic carbocycles. The Morgan fingerprint density at radius 3 is 2.58 bits per heavy atom. The molecule has 9 heteroatoms. The lowest BCUT2D eigenvalue weighted by atomic mass is 10.0. The van der Waals surface area contributed by atoms with Crippen LogP contribution in [0.5, 0.6) is 0 Å². The van der Waals surface area contributed by atoms with Crippen LogP contribution in [0, 0.1) is 13.8 Å². The zero-order valence-corrected chi connectivity index (χ0v) is 14.5. The molecule has 4 rings (SSSR count). The van der Waals surface area contributed by atoms with E-state index in [0.29, 0.717) is 50.5 Å². The van der Waals surface area contributed by atoms with Gasteiger partial charge in [-0.3, -0.25) is 4.79 Å². The lowest BCUT2D eigenvalue weighted by Gasteiger charge is -2.37. The third-order valence-corrected chi connectivity index (χ3v) is 5.45. The summed E-state index contributed by atoms with van der Waals surface area (Å²) < 4.78 is 13.0. The Bertz CT molecular complexity index is 755. The van der Waals surface area contributed by atoms with Gasteiger partial charge in [0.2, 0.25) is 5.13 Å². The number of carbonyl (C=O) groups is 1. The molecule has 2 aliphatic rings. The molecule has 0 unspecified atom stereocenters. The number of rotatable bonds is 2. The number of piperidine rings is 1. The molecule has 0 radical (unpaired) electrons. The zero-order chi connectivity index (χ0) is 16.7. The molecule has 0 N–H and O–H groups in total. The summed E-state index contributed by atoms with van der Waals surface area (Å²) >= 11 is 1.48. The fourth-order valence-electron chi connectivity index (χ4n) is 3.13. The van der Waals surface area contributed by atoms with Crippen LogP contribution in [-0.4, -0.2) is 62.9 Å². The summed E-state index contributed by atoms with van der Waals surface area (Å²) in [6.07, 6.45) is 1.38. The normalized spacial score (nSPS) is 20.0. The second kappa shape index (κ2) is 5.91. The summed E-state index contributed by atoms with van der Waals surface area (Å²) in [5.41, 5.74) is 2.02. The molecule has 2 aromatic rings. The minimum atomic E-state index is -0.484. The summed E-state index contributed by atoms with van der Waals surface area (Å²) in [6, 6.07) is 0. The number of aromatic nitrogens is 4. The SMILES string of the molecule is Cc1csc(-n2nnc(C(=O)N3CCC4(CC3)OCCO4)c2C)n1. The van der Waals surface area contributed by atoms with Crippen LogP contribution in [0.15, 0.2) is 5.38 Å². The molecule has 128 valence electrons. The predicted octanol–water partition coefficient (Wildman–Crippen LogP) is 1.32. The average Bonchev–Trinajstić information content (AvgIpc) is 3.29. The molecule has 0 bridgehead atoms. The van der Waals surface area contributed by atoms with Gasteiger partial charge in [0.25, 0.3) is 5.91 Å². The summed E-state index contributed by atoms with van der Waals surface area (Å²) in [5.74, 6) is -0.582. The van der Waals surface area contributed by atoms with E-state index in [1.807, 2.05) is 19.2 Å². The summed E-state index contributed by atoms with van der Waals surface area (Å²) in [6.45, 7) is 6.24. The Kier molecular flexibility index (Phi) is 3.86. The number of hydrogen-bond donors (Lipinski definition) is 0. The van der Waals surface area contributed by atoms with Gasteiger partial charge in [0, 0.05) is 31.3 Å². The van der Waals surface area contributed by atoms with Crippen molar-refractivity contribution < 1.29 is 14.3 Å². The molecule has 0 atom stereocenters. The van der Waals surface area contributed by atoms with E-state index >= 15 is 0 Å². The monoisotopic (exact) mass is 349 g/mol. The number of carbonyl (C=O) groups excluding carboxylic acids is 1. The van der Waals surface area contributed by atoms with Crippen LogP contribution in [0.25, 0.3) is 5.13 Å². The van der Waals surface area contributed by atoms with Crippen molar-refractivity contribution in [2.75, 3.05) is 26.3 Å². The molecule has 0 saturated carbocycles. The summed E-state index contributed by atoms with van der Waals surface area (Å²) in [4.78, 5) is 19.0. The van der Waals surface area contributed by atoms with Gasteiger partial charge in [-0.1, -0.05) is 5.21 Å². The fraction of sp³-hybridized carbons (Fsp3) is 0.600. The van der Waals surface area contributed by atoms with E-state index in [-0.39, 0.29) is 5.91 Å². The van der Waals surface area contributed by atoms with Gasteiger partial charge in [-0.05, 0) is 13.8 Å². The molecule has 4 heterocycles. The van der Waals surface area contributed by atoms with Gasteiger partial charge in [-0.25, -0.2) is 4.98 Å². The largest absolute Gasteiger partial charge is 0.347 e. The van der Waals surface area contributed by atoms with Crippen LogP contribution in [0.1, 0.15) is 34.7 Å². The maximum Gasteiger partial charge on any atom is 0.276 e. The van der Waals surface area contributed by atoms with Gasteiger partial charge < -0.3 is 14.4 Å². The molecular formula is C15H19N5O3S. The van der Waals surface area contributed by atoms with Crippen molar-refractivity contribution in [2.45, 2.75) is 32.5 Å². The van der Waals surface area contributed by atoms with Crippen molar-refractivity contribution in [3.63, 3.8) is 0 Å². The molecule has 8 nitrogen and oxygen atoms in total. The molecule has 1 spiro atoms. The van der Waals surface area contributed by atoms with Gasteiger partial charge in [0.15, 0.2) is 11.5 Å². The van der Waals surface area contributed by atoms with E-state index in [4.69, 9.17) is 9.47 Å². The number of ether oxygens (including phenoxy) is 2. The smallest absolute Gasteiger partial charge is 0.276 e. The highest BCUT2D eigenvalue weighted by Crippen LogP contribution is 2.31. The molecular weight excluding hydrogens is 330 g/mol. The van der Waals surface area contributed by atoms with Crippen molar-refractivity contribution >= 4 is 17.2 Å². The summed E-state index contributed by atoms with van der Waals surface area (Å²) in [7, 11) is 0. The van der Waals surface area contributed by atoms with E-state index in [1.54, 1.807) is 9.58 Å². The third kappa shape index (κ3) is 2.62. The second-order valence-electron chi connectivity index (χ2n) is 6.11. The Hall–Kier alpha value is -1.84. The fourth-order valence-corrected chi connectivity index (χ4v) is 3.93. The van der Waals surface area contributed by atoms with Crippen LogP contribution in [0.2, 0.25) is 0 Å². The van der Waals surface area contributed by atoms with E-state index in [1.165, 1.54) is 11.3 Å². The predicted molar refractivity (Wildman–Crippen MR) is 86.3 cm³/mol. The Morgan fingerprint density at radius 1 is 1.25 bits per heavy atom. The van der Waals surface area contributed by atoms with Gasteiger partial charge in [0.05, 0.1) is 24.6 Å². The first-order chi connectivity index (χ1) is 11.6. The van der Waals surface area contributed by atoms with Gasteiger partial charge in [-0.2, -0.15) is 4.68 Å². The van der Waals surface area contributed by atoms with Crippen molar-refractivity contribution in [1.82, 2.24) is 24.9 Å². The topological polar surface area (TPSA) is 82.4 Å². The van der Waals surface area contributed by atoms with Crippen LogP contribution >= 0.6 is 11.3 Å². The van der Waals surface area contributed by atoms with Crippen molar-refractivity contribution in [3.05, 3.63) is 22.5 Å². The Balaban J connectivity index is 1.50. The van der Waals surface area contributed by atoms with Crippen molar-refractivity contribution in [3.8, 4) is 5.13 Å². The lowest BCUT2D eigenvalue weighted by molar-refractivity contribution is -0.181. The molecule has 2 saturated heterocycles. The van der Waals surface area contributed by atoms with E-state index in [0.717, 1.165) is 10.8 Å². The number of aryl methyl sites for hydroxylation is 1. The second-order valence-corrected chi connectivity index (χ2v) is 6.94. The van der Waals surface area contributed by atoms with Crippen LogP contribution in [0.4, 0.5) is 0 Å². The molecule has 2 fully saturated rings. The van der Waals surface area contributed by atoms with Crippen LogP contribution in [-0.2, 0) is 9.47 Å². The highest BCUT2D eigenvalue weighted by Gasteiger charge is 2.41. The first-order valence-corrected chi connectivity index (χ1v) is 8.88. The highest BCUT2D eigenvalue weighted by atomic mass is 32.1. The van der Waals surface area contributed by atoms with Gasteiger partial charge >= 0.3 is 0 Å². The quantitative estimate of drug-likeness (QED) is 0.813. The zero-order valence-electron chi connectivity index (χ0n) is 13.7. The maximum atomic E-state index is 12.8. The van der Waals surface area contributed by atoms with Gasteiger partial charge in [0.1, 0.15) is 0 Å². The van der Waals surface area contributed by atoms with E-state index < -0.39 is 5.79 Å². The van der Waals surface area contributed by atoms with E-state index in [2.05, 4.69) is 15.3 Å². The van der Waals surface area contributed by atoms with Crippen LogP contribution in [0.3, 0.4) is 0 Å². The highest BCUT2D eigenvalue weighted by molar-refractivity contribution is 7.12. The Labute approximate surface area is 143 Å². The number of hydrogen-bond acceptors (Lipinski definition) is 7. The maximum absolute atomic E-state index is 12.8. The standard InChI is InChI=1S/C15H19N5O3S/c1-10-9-24-14(16-10)20-11(2)12(17-18-20)13(21)19-5-3-15(4-6-19)22-7-8-23-15/h9H,3-8H2,1-2H3. The number of nitrogens with zero attached hydrogens (tertiary/aromatic N) is 5. The number of thiazole rings is 1. The Morgan fingerprint density at radius 2 is 1.96 bits per heavy atom. The molecule has 0 aromatic carbocycles. The molecule has 24 heavy (non-hydrogen) atoms. The number of likely N-dealkylation sites (tertiary alicyclic amines) is 1. The van der Waals surface area contributed by atoms with E-state index in [9.17, 15) is 4.79 Å². The minimum absolute atomic E-state index is 0.0973. The molecule has 2 aromatic heterocycles.